The zero-order valence-corrected chi connectivity index (χ0v) is 15.4. The normalized spacial score (nSPS) is 11.2. The molecular weight excluding hydrogens is 366 g/mol. The molecule has 2 aromatic carbocycles. The lowest BCUT2D eigenvalue weighted by atomic mass is 10.1. The maximum absolute atomic E-state index is 13.2. The van der Waals surface area contributed by atoms with Gasteiger partial charge in [0.15, 0.2) is 0 Å². The number of fused-ring (bicyclic) bond motifs is 1. The largest absolute Gasteiger partial charge is 0.289 e. The van der Waals surface area contributed by atoms with Crippen molar-refractivity contribution < 1.29 is 8.78 Å². The minimum absolute atomic E-state index is 0.0658. The minimum Gasteiger partial charge on any atom is -0.289 e. The molecule has 0 spiro atoms. The molecule has 0 saturated heterocycles. The predicted molar refractivity (Wildman–Crippen MR) is 105 cm³/mol. The van der Waals surface area contributed by atoms with Crippen LogP contribution in [-0.2, 0) is 6.54 Å². The van der Waals surface area contributed by atoms with Crippen molar-refractivity contribution in [1.29, 1.82) is 0 Å². The van der Waals surface area contributed by atoms with E-state index in [1.165, 1.54) is 28.0 Å². The molecule has 0 atom stereocenters. The number of aromatic nitrogens is 2. The molecule has 4 rings (SSSR count). The van der Waals surface area contributed by atoms with Crippen molar-refractivity contribution in [2.45, 2.75) is 13.5 Å². The predicted octanol–water partition coefficient (Wildman–Crippen LogP) is 5.21. The molecule has 4 aromatic rings. The summed E-state index contributed by atoms with van der Waals surface area (Å²) in [6.45, 7) is 1.24. The molecule has 0 aliphatic heterocycles. The molecule has 0 amide bonds. The number of rotatable bonds is 4. The molecule has 0 radical (unpaired) electrons. The second kappa shape index (κ2) is 7.04. The van der Waals surface area contributed by atoms with Gasteiger partial charge in [-0.3, -0.25) is 9.36 Å². The highest BCUT2D eigenvalue weighted by atomic mass is 32.1. The Morgan fingerprint density at radius 2 is 1.70 bits per heavy atom. The summed E-state index contributed by atoms with van der Waals surface area (Å²) < 4.78 is 27.8. The lowest BCUT2D eigenvalue weighted by Gasteiger charge is -2.12. The summed E-state index contributed by atoms with van der Waals surface area (Å²) in [5.74, 6) is 0.116. The molecule has 136 valence electrons. The molecule has 6 heteroatoms. The van der Waals surface area contributed by atoms with E-state index in [1.807, 2.05) is 36.6 Å². The van der Waals surface area contributed by atoms with Crippen molar-refractivity contribution in [3.8, 4) is 22.5 Å². The summed E-state index contributed by atoms with van der Waals surface area (Å²) >= 11 is 1.35. The number of alkyl halides is 1. The first kappa shape index (κ1) is 17.5. The van der Waals surface area contributed by atoms with Crippen LogP contribution >= 0.6 is 11.3 Å². The topological polar surface area (TPSA) is 34.9 Å². The van der Waals surface area contributed by atoms with Gasteiger partial charge in [-0.1, -0.05) is 42.0 Å². The zero-order valence-electron chi connectivity index (χ0n) is 14.6. The number of nitrogens with zero attached hydrogens (tertiary/aromatic N) is 2. The van der Waals surface area contributed by atoms with Crippen LogP contribution in [0.3, 0.4) is 0 Å². The van der Waals surface area contributed by atoms with Gasteiger partial charge in [0.25, 0.3) is 5.56 Å². The molecule has 0 unspecified atom stereocenters. The Hall–Kier alpha value is -2.86. The van der Waals surface area contributed by atoms with Crippen molar-refractivity contribution in [3.63, 3.8) is 0 Å². The van der Waals surface area contributed by atoms with Crippen molar-refractivity contribution in [3.05, 3.63) is 75.6 Å². The van der Waals surface area contributed by atoms with Crippen LogP contribution in [0.4, 0.5) is 8.78 Å². The van der Waals surface area contributed by atoms with E-state index in [0.29, 0.717) is 21.6 Å². The highest BCUT2D eigenvalue weighted by molar-refractivity contribution is 7.17. The van der Waals surface area contributed by atoms with Gasteiger partial charge in [-0.15, -0.1) is 11.3 Å². The molecule has 0 fully saturated rings. The molecule has 0 aliphatic carbocycles. The lowest BCUT2D eigenvalue weighted by Crippen LogP contribution is -2.24. The van der Waals surface area contributed by atoms with Crippen LogP contribution in [-0.4, -0.2) is 16.2 Å². The van der Waals surface area contributed by atoms with Crippen LogP contribution in [0.25, 0.3) is 32.7 Å². The van der Waals surface area contributed by atoms with Crippen molar-refractivity contribution >= 4 is 21.6 Å². The molecular formula is C21H16F2N2OS. The number of hydrogen-bond donors (Lipinski definition) is 0. The summed E-state index contributed by atoms with van der Waals surface area (Å²) in [6.07, 6.45) is 0. The fraction of sp³-hybridized carbons (Fsp3) is 0.143. The minimum atomic E-state index is -0.665. The first-order valence-electron chi connectivity index (χ1n) is 8.49. The van der Waals surface area contributed by atoms with Crippen molar-refractivity contribution in [1.82, 2.24) is 9.55 Å². The molecule has 0 N–H and O–H groups in total. The van der Waals surface area contributed by atoms with Gasteiger partial charge in [0.1, 0.15) is 23.1 Å². The number of benzene rings is 2. The van der Waals surface area contributed by atoms with Gasteiger partial charge in [0.05, 0.1) is 11.9 Å². The van der Waals surface area contributed by atoms with Gasteiger partial charge >= 0.3 is 0 Å². The van der Waals surface area contributed by atoms with E-state index in [1.54, 1.807) is 12.1 Å². The lowest BCUT2D eigenvalue weighted by molar-refractivity contribution is 0.441. The third-order valence-corrected chi connectivity index (χ3v) is 5.34. The SMILES string of the molecule is Cc1ccc(-c2nc3scc(-c4ccc(F)cc4)c3c(=O)n2CCF)cc1. The number of aryl methyl sites for hydroxylation is 1. The van der Waals surface area contributed by atoms with Crippen molar-refractivity contribution in [2.24, 2.45) is 0 Å². The van der Waals surface area contributed by atoms with Crippen LogP contribution < -0.4 is 5.56 Å². The molecule has 0 aliphatic rings. The maximum Gasteiger partial charge on any atom is 0.263 e. The van der Waals surface area contributed by atoms with Crippen LogP contribution in [0.5, 0.6) is 0 Å². The molecule has 0 bridgehead atoms. The van der Waals surface area contributed by atoms with E-state index < -0.39 is 6.67 Å². The van der Waals surface area contributed by atoms with Gasteiger partial charge < -0.3 is 0 Å². The van der Waals surface area contributed by atoms with E-state index in [2.05, 4.69) is 4.98 Å². The zero-order chi connectivity index (χ0) is 19.0. The van der Waals surface area contributed by atoms with Gasteiger partial charge in [-0.25, -0.2) is 13.8 Å². The Morgan fingerprint density at radius 3 is 2.37 bits per heavy atom. The van der Waals surface area contributed by atoms with Gasteiger partial charge in [-0.05, 0) is 24.6 Å². The molecule has 0 saturated carbocycles. The van der Waals surface area contributed by atoms with Crippen LogP contribution in [0, 0.1) is 12.7 Å². The second-order valence-corrected chi connectivity index (χ2v) is 7.14. The number of halogens is 2. The fourth-order valence-corrected chi connectivity index (χ4v) is 4.02. The van der Waals surface area contributed by atoms with E-state index >= 15 is 0 Å². The first-order valence-corrected chi connectivity index (χ1v) is 9.37. The summed E-state index contributed by atoms with van der Waals surface area (Å²) in [5, 5.41) is 2.28. The van der Waals surface area contributed by atoms with E-state index in [4.69, 9.17) is 0 Å². The monoisotopic (exact) mass is 382 g/mol. The van der Waals surface area contributed by atoms with Gasteiger partial charge in [-0.2, -0.15) is 0 Å². The summed E-state index contributed by atoms with van der Waals surface area (Å²) in [6, 6.07) is 13.6. The molecule has 27 heavy (non-hydrogen) atoms. The molecule has 2 heterocycles. The highest BCUT2D eigenvalue weighted by Crippen LogP contribution is 2.32. The number of thiophene rings is 1. The molecule has 3 nitrogen and oxygen atoms in total. The van der Waals surface area contributed by atoms with Gasteiger partial charge in [0, 0.05) is 16.5 Å². The second-order valence-electron chi connectivity index (χ2n) is 6.28. The Morgan fingerprint density at radius 1 is 1.04 bits per heavy atom. The average molecular weight is 382 g/mol. The third-order valence-electron chi connectivity index (χ3n) is 4.47. The third kappa shape index (κ3) is 3.17. The van der Waals surface area contributed by atoms with E-state index in [-0.39, 0.29) is 17.9 Å². The fourth-order valence-electron chi connectivity index (χ4n) is 3.08. The van der Waals surface area contributed by atoms with Crippen LogP contribution in [0.2, 0.25) is 0 Å². The summed E-state index contributed by atoms with van der Waals surface area (Å²) in [7, 11) is 0. The molecule has 2 aromatic heterocycles. The number of hydrogen-bond acceptors (Lipinski definition) is 3. The Bertz CT molecular complexity index is 1160. The van der Waals surface area contributed by atoms with E-state index in [9.17, 15) is 13.6 Å². The Labute approximate surface area is 158 Å². The highest BCUT2D eigenvalue weighted by Gasteiger charge is 2.18. The quantitative estimate of drug-likeness (QED) is 0.486. The summed E-state index contributed by atoms with van der Waals surface area (Å²) in [5.41, 5.74) is 3.00. The van der Waals surface area contributed by atoms with Crippen LogP contribution in [0.15, 0.2) is 58.7 Å². The average Bonchev–Trinajstić information content (AvgIpc) is 3.09. The Balaban J connectivity index is 1.97. The van der Waals surface area contributed by atoms with Gasteiger partial charge in [0.2, 0.25) is 0 Å². The Kier molecular flexibility index (Phi) is 4.58. The van der Waals surface area contributed by atoms with E-state index in [0.717, 1.165) is 16.7 Å². The smallest absolute Gasteiger partial charge is 0.263 e. The first-order chi connectivity index (χ1) is 13.1. The maximum atomic E-state index is 13.2. The van der Waals surface area contributed by atoms with Crippen molar-refractivity contribution in [2.75, 3.05) is 6.67 Å². The summed E-state index contributed by atoms with van der Waals surface area (Å²) in [4.78, 5) is 18.4. The van der Waals surface area contributed by atoms with Crippen LogP contribution in [0.1, 0.15) is 5.56 Å². The standard InChI is InChI=1S/C21H16F2N2OS/c1-13-2-4-15(5-3-13)19-24-20-18(21(26)25(19)11-10-22)17(12-27-20)14-6-8-16(23)9-7-14/h2-9,12H,10-11H2,1H3.